The molecule has 1 saturated carbocycles. The van der Waals surface area contributed by atoms with Gasteiger partial charge in [-0.15, -0.1) is 0 Å². The molecule has 1 aliphatic heterocycles. The number of carbonyl (C=O) groups excluding carboxylic acids is 1. The Morgan fingerprint density at radius 3 is 2.71 bits per heavy atom. The van der Waals surface area contributed by atoms with Crippen LogP contribution in [0, 0.1) is 0 Å². The van der Waals surface area contributed by atoms with E-state index in [4.69, 9.17) is 0 Å². The van der Waals surface area contributed by atoms with Gasteiger partial charge in [0.2, 0.25) is 0 Å². The lowest BCUT2D eigenvalue weighted by Gasteiger charge is -2.35. The minimum Gasteiger partial charge on any atom is -0.394 e. The van der Waals surface area contributed by atoms with Crippen molar-refractivity contribution in [2.45, 2.75) is 69.9 Å². The molecule has 2 fully saturated rings. The van der Waals surface area contributed by atoms with Crippen LogP contribution in [0.15, 0.2) is 0 Å². The molecule has 0 radical (unpaired) electrons. The SMILES string of the molecule is CCC1CCCCN1CCNC(=O)NC1(CO)CCCC1. The Labute approximate surface area is 128 Å². The normalized spacial score (nSPS) is 25.7. The zero-order valence-electron chi connectivity index (χ0n) is 13.4. The second-order valence-electron chi connectivity index (χ2n) is 6.62. The Kier molecular flexibility index (Phi) is 6.30. The van der Waals surface area contributed by atoms with Crippen molar-refractivity contribution in [3.63, 3.8) is 0 Å². The van der Waals surface area contributed by atoms with Gasteiger partial charge in [0.15, 0.2) is 0 Å². The van der Waals surface area contributed by atoms with Crippen molar-refractivity contribution < 1.29 is 9.90 Å². The minimum atomic E-state index is -0.374. The summed E-state index contributed by atoms with van der Waals surface area (Å²) in [5, 5.41) is 15.5. The van der Waals surface area contributed by atoms with E-state index < -0.39 is 0 Å². The predicted octanol–water partition coefficient (Wildman–Crippen LogP) is 1.86. The lowest BCUT2D eigenvalue weighted by Crippen LogP contribution is -2.54. The van der Waals surface area contributed by atoms with Crippen LogP contribution in [-0.2, 0) is 0 Å². The van der Waals surface area contributed by atoms with E-state index in [0.29, 0.717) is 12.6 Å². The quantitative estimate of drug-likeness (QED) is 0.701. The highest BCUT2D eigenvalue weighted by molar-refractivity contribution is 5.74. The first-order valence-electron chi connectivity index (χ1n) is 8.60. The Bertz CT molecular complexity index is 329. The van der Waals surface area contributed by atoms with E-state index in [9.17, 15) is 9.90 Å². The molecule has 1 saturated heterocycles. The lowest BCUT2D eigenvalue weighted by atomic mass is 9.99. The fraction of sp³-hybridized carbons (Fsp3) is 0.938. The number of aliphatic hydroxyl groups is 1. The highest BCUT2D eigenvalue weighted by atomic mass is 16.3. The molecule has 122 valence electrons. The fourth-order valence-electron chi connectivity index (χ4n) is 3.79. The molecule has 1 unspecified atom stereocenters. The number of amides is 2. The first kappa shape index (κ1) is 16.6. The second-order valence-corrected chi connectivity index (χ2v) is 6.62. The Morgan fingerprint density at radius 1 is 1.29 bits per heavy atom. The van der Waals surface area contributed by atoms with Crippen LogP contribution in [0.1, 0.15) is 58.3 Å². The van der Waals surface area contributed by atoms with E-state index in [2.05, 4.69) is 22.5 Å². The van der Waals surface area contributed by atoms with Gasteiger partial charge in [-0.2, -0.15) is 0 Å². The number of nitrogens with zero attached hydrogens (tertiary/aromatic N) is 1. The van der Waals surface area contributed by atoms with E-state index in [1.54, 1.807) is 0 Å². The number of hydrogen-bond donors (Lipinski definition) is 3. The number of rotatable bonds is 6. The predicted molar refractivity (Wildman–Crippen MR) is 84.3 cm³/mol. The largest absolute Gasteiger partial charge is 0.394 e. The summed E-state index contributed by atoms with van der Waals surface area (Å²) in [7, 11) is 0. The van der Waals surface area contributed by atoms with E-state index in [-0.39, 0.29) is 18.2 Å². The zero-order valence-corrected chi connectivity index (χ0v) is 13.4. The van der Waals surface area contributed by atoms with Crippen molar-refractivity contribution in [1.82, 2.24) is 15.5 Å². The van der Waals surface area contributed by atoms with Gasteiger partial charge >= 0.3 is 6.03 Å². The highest BCUT2D eigenvalue weighted by Gasteiger charge is 2.34. The van der Waals surface area contributed by atoms with Crippen LogP contribution >= 0.6 is 0 Å². The van der Waals surface area contributed by atoms with E-state index in [0.717, 1.165) is 38.8 Å². The average molecular weight is 297 g/mol. The monoisotopic (exact) mass is 297 g/mol. The first-order chi connectivity index (χ1) is 10.2. The molecular formula is C16H31N3O2. The molecule has 1 heterocycles. The van der Waals surface area contributed by atoms with Gasteiger partial charge in [0.25, 0.3) is 0 Å². The van der Waals surface area contributed by atoms with Crippen molar-refractivity contribution in [1.29, 1.82) is 0 Å². The molecule has 0 bridgehead atoms. The number of likely N-dealkylation sites (tertiary alicyclic amines) is 1. The number of nitrogens with one attached hydrogen (secondary N) is 2. The summed E-state index contributed by atoms with van der Waals surface area (Å²) in [6.45, 7) is 5.06. The molecule has 5 heteroatoms. The van der Waals surface area contributed by atoms with Crippen molar-refractivity contribution >= 4 is 6.03 Å². The summed E-state index contributed by atoms with van der Waals surface area (Å²) < 4.78 is 0. The number of hydrogen-bond acceptors (Lipinski definition) is 3. The molecule has 2 rings (SSSR count). The van der Waals surface area contributed by atoms with Crippen LogP contribution in [0.2, 0.25) is 0 Å². The summed E-state index contributed by atoms with van der Waals surface area (Å²) in [6, 6.07) is 0.554. The van der Waals surface area contributed by atoms with Gasteiger partial charge in [0.1, 0.15) is 0 Å². The Hall–Kier alpha value is -0.810. The van der Waals surface area contributed by atoms with Gasteiger partial charge in [-0.25, -0.2) is 4.79 Å². The van der Waals surface area contributed by atoms with Crippen molar-refractivity contribution in [2.75, 3.05) is 26.2 Å². The summed E-state index contributed by atoms with van der Waals surface area (Å²) in [5.41, 5.74) is -0.374. The minimum absolute atomic E-state index is 0.0461. The molecule has 1 atom stereocenters. The summed E-state index contributed by atoms with van der Waals surface area (Å²) in [4.78, 5) is 14.5. The van der Waals surface area contributed by atoms with Crippen molar-refractivity contribution in [3.05, 3.63) is 0 Å². The van der Waals surface area contributed by atoms with Gasteiger partial charge in [0.05, 0.1) is 12.1 Å². The van der Waals surface area contributed by atoms with Gasteiger partial charge in [-0.1, -0.05) is 26.2 Å². The number of urea groups is 1. The van der Waals surface area contributed by atoms with Crippen LogP contribution in [-0.4, -0.2) is 53.9 Å². The fourth-order valence-corrected chi connectivity index (χ4v) is 3.79. The number of aliphatic hydroxyl groups excluding tert-OH is 1. The van der Waals surface area contributed by atoms with Crippen LogP contribution in [0.3, 0.4) is 0 Å². The third-order valence-corrected chi connectivity index (χ3v) is 5.15. The highest BCUT2D eigenvalue weighted by Crippen LogP contribution is 2.28. The molecule has 2 aliphatic rings. The van der Waals surface area contributed by atoms with E-state index >= 15 is 0 Å². The maximum Gasteiger partial charge on any atom is 0.315 e. The number of carbonyl (C=O) groups is 1. The topological polar surface area (TPSA) is 64.6 Å². The summed E-state index contributed by atoms with van der Waals surface area (Å²) in [6.07, 6.45) is 9.05. The molecule has 2 amide bonds. The lowest BCUT2D eigenvalue weighted by molar-refractivity contribution is 0.142. The maximum atomic E-state index is 12.0. The molecule has 0 spiro atoms. The summed E-state index contributed by atoms with van der Waals surface area (Å²) >= 11 is 0. The van der Waals surface area contributed by atoms with Crippen LogP contribution in [0.4, 0.5) is 4.79 Å². The van der Waals surface area contributed by atoms with E-state index in [1.165, 1.54) is 25.7 Å². The second kappa shape index (κ2) is 7.99. The van der Waals surface area contributed by atoms with Crippen LogP contribution in [0.5, 0.6) is 0 Å². The van der Waals surface area contributed by atoms with E-state index in [1.807, 2.05) is 0 Å². The third-order valence-electron chi connectivity index (χ3n) is 5.15. The van der Waals surface area contributed by atoms with Gasteiger partial charge < -0.3 is 15.7 Å². The molecule has 21 heavy (non-hydrogen) atoms. The molecule has 0 aromatic rings. The summed E-state index contributed by atoms with van der Waals surface area (Å²) in [5.74, 6) is 0. The molecule has 1 aliphatic carbocycles. The van der Waals surface area contributed by atoms with Gasteiger partial charge in [-0.3, -0.25) is 4.90 Å². The smallest absolute Gasteiger partial charge is 0.315 e. The Morgan fingerprint density at radius 2 is 2.05 bits per heavy atom. The van der Waals surface area contributed by atoms with Crippen molar-refractivity contribution in [3.8, 4) is 0 Å². The molecule has 0 aromatic carbocycles. The molecule has 3 N–H and O–H groups in total. The van der Waals surface area contributed by atoms with Crippen LogP contribution in [0.25, 0.3) is 0 Å². The van der Waals surface area contributed by atoms with Crippen molar-refractivity contribution in [2.24, 2.45) is 0 Å². The van der Waals surface area contributed by atoms with Crippen LogP contribution < -0.4 is 10.6 Å². The zero-order chi connectivity index (χ0) is 15.1. The maximum absolute atomic E-state index is 12.0. The third kappa shape index (κ3) is 4.58. The molecule has 5 nitrogen and oxygen atoms in total. The Balaban J connectivity index is 1.69. The standard InChI is InChI=1S/C16H31N3O2/c1-2-14-7-3-6-11-19(14)12-10-17-15(21)18-16(13-20)8-4-5-9-16/h14,20H,2-13H2,1H3,(H2,17,18,21). The van der Waals surface area contributed by atoms with Gasteiger partial charge in [0, 0.05) is 19.1 Å². The first-order valence-corrected chi connectivity index (χ1v) is 8.60. The molecule has 0 aromatic heterocycles. The molecular weight excluding hydrogens is 266 g/mol. The van der Waals surface area contributed by atoms with Gasteiger partial charge in [-0.05, 0) is 38.6 Å². The number of piperidine rings is 1. The average Bonchev–Trinajstić information content (AvgIpc) is 2.96.